The number of carbonyl (C=O) groups excluding carboxylic acids is 2. The predicted molar refractivity (Wildman–Crippen MR) is 90.1 cm³/mol. The third-order valence-corrected chi connectivity index (χ3v) is 3.26. The lowest BCUT2D eigenvalue weighted by Crippen LogP contribution is -2.23. The summed E-state index contributed by atoms with van der Waals surface area (Å²) in [6.45, 7) is -0.171. The second-order valence-corrected chi connectivity index (χ2v) is 5.06. The zero-order chi connectivity index (χ0) is 16.8. The molecule has 2 rings (SSSR count). The van der Waals surface area contributed by atoms with Crippen LogP contribution in [0, 0.1) is 0 Å². The Kier molecular flexibility index (Phi) is 5.56. The van der Waals surface area contributed by atoms with E-state index in [4.69, 9.17) is 22.1 Å². The van der Waals surface area contributed by atoms with Crippen LogP contribution in [0.15, 0.2) is 42.5 Å². The first-order valence-corrected chi connectivity index (χ1v) is 7.16. The summed E-state index contributed by atoms with van der Waals surface area (Å²) in [6.07, 6.45) is 0. The second-order valence-electron chi connectivity index (χ2n) is 4.63. The molecule has 0 aliphatic heterocycles. The molecule has 0 aliphatic rings. The minimum atomic E-state index is -0.385. The molecule has 120 valence electrons. The lowest BCUT2D eigenvalue weighted by molar-refractivity contribution is -0.114. The zero-order valence-electron chi connectivity index (χ0n) is 12.4. The topological polar surface area (TPSA) is 93.5 Å². The first-order chi connectivity index (χ1) is 11.0. The summed E-state index contributed by atoms with van der Waals surface area (Å²) in [6, 6.07) is 11.5. The van der Waals surface area contributed by atoms with Crippen molar-refractivity contribution in [2.24, 2.45) is 5.73 Å². The fourth-order valence-electron chi connectivity index (χ4n) is 1.89. The van der Waals surface area contributed by atoms with Crippen molar-refractivity contribution in [3.05, 3.63) is 53.1 Å². The van der Waals surface area contributed by atoms with Crippen LogP contribution in [-0.4, -0.2) is 25.5 Å². The van der Waals surface area contributed by atoms with Crippen LogP contribution < -0.4 is 21.1 Å². The highest BCUT2D eigenvalue weighted by Gasteiger charge is 2.12. The molecular weight excluding hydrogens is 318 g/mol. The predicted octanol–water partition coefficient (Wildman–Crippen LogP) is 2.50. The van der Waals surface area contributed by atoms with Crippen molar-refractivity contribution in [1.82, 2.24) is 0 Å². The monoisotopic (exact) mass is 333 g/mol. The molecule has 2 amide bonds. The quantitative estimate of drug-likeness (QED) is 0.783. The number of hydrogen-bond donors (Lipinski definition) is 3. The van der Waals surface area contributed by atoms with Gasteiger partial charge in [0, 0.05) is 10.6 Å². The Hall–Kier alpha value is -2.57. The highest BCUT2D eigenvalue weighted by Crippen LogP contribution is 2.26. The maximum atomic E-state index is 12.3. The Labute approximate surface area is 138 Å². The highest BCUT2D eigenvalue weighted by atomic mass is 35.5. The van der Waals surface area contributed by atoms with Crippen LogP contribution in [0.25, 0.3) is 0 Å². The number of nitrogens with one attached hydrogen (secondary N) is 2. The summed E-state index contributed by atoms with van der Waals surface area (Å²) < 4.78 is 5.09. The Balaban J connectivity index is 2.24. The molecule has 23 heavy (non-hydrogen) atoms. The second kappa shape index (κ2) is 7.62. The van der Waals surface area contributed by atoms with E-state index in [2.05, 4.69) is 10.6 Å². The van der Waals surface area contributed by atoms with Crippen LogP contribution in [-0.2, 0) is 4.79 Å². The maximum Gasteiger partial charge on any atom is 0.255 e. The lowest BCUT2D eigenvalue weighted by atomic mass is 10.2. The largest absolute Gasteiger partial charge is 0.497 e. The molecule has 0 heterocycles. The molecular formula is C16H16ClN3O3. The van der Waals surface area contributed by atoms with Crippen molar-refractivity contribution in [3.63, 3.8) is 0 Å². The van der Waals surface area contributed by atoms with E-state index in [9.17, 15) is 9.59 Å². The summed E-state index contributed by atoms with van der Waals surface area (Å²) in [4.78, 5) is 23.8. The number of hydrogen-bond acceptors (Lipinski definition) is 4. The average molecular weight is 334 g/mol. The van der Waals surface area contributed by atoms with E-state index in [0.717, 1.165) is 0 Å². The number of benzene rings is 2. The van der Waals surface area contributed by atoms with Crippen LogP contribution in [0.3, 0.4) is 0 Å². The zero-order valence-corrected chi connectivity index (χ0v) is 13.2. The van der Waals surface area contributed by atoms with Gasteiger partial charge in [-0.3, -0.25) is 9.59 Å². The molecule has 0 radical (unpaired) electrons. The van der Waals surface area contributed by atoms with Gasteiger partial charge in [0.25, 0.3) is 5.91 Å². The Morgan fingerprint density at radius 2 is 1.91 bits per heavy atom. The molecule has 0 bridgehead atoms. The molecule has 2 aromatic carbocycles. The lowest BCUT2D eigenvalue weighted by Gasteiger charge is -2.13. The molecule has 0 saturated heterocycles. The summed E-state index contributed by atoms with van der Waals surface area (Å²) in [7, 11) is 1.52. The number of ether oxygens (including phenoxy) is 1. The van der Waals surface area contributed by atoms with Crippen molar-refractivity contribution < 1.29 is 14.3 Å². The normalized spacial score (nSPS) is 10.0. The van der Waals surface area contributed by atoms with Crippen molar-refractivity contribution in [3.8, 4) is 5.75 Å². The fourth-order valence-corrected chi connectivity index (χ4v) is 2.06. The minimum Gasteiger partial charge on any atom is -0.497 e. The number of halogens is 1. The Bertz CT molecular complexity index is 734. The standard InChI is InChI=1S/C16H16ClN3O3/c1-23-12-4-2-3-10(7-12)16(22)20-13-6-5-11(17)8-14(13)19-15(21)9-18/h2-8H,9,18H2,1H3,(H,19,21)(H,20,22). The highest BCUT2D eigenvalue weighted by molar-refractivity contribution is 6.31. The summed E-state index contributed by atoms with van der Waals surface area (Å²) in [5.41, 5.74) is 6.51. The van der Waals surface area contributed by atoms with Gasteiger partial charge in [0.2, 0.25) is 5.91 Å². The Morgan fingerprint density at radius 1 is 1.13 bits per heavy atom. The van der Waals surface area contributed by atoms with Crippen LogP contribution in [0.5, 0.6) is 5.75 Å². The number of rotatable bonds is 5. The van der Waals surface area contributed by atoms with Gasteiger partial charge in [0.15, 0.2) is 0 Å². The molecule has 0 fully saturated rings. The number of anilines is 2. The van der Waals surface area contributed by atoms with Gasteiger partial charge in [-0.15, -0.1) is 0 Å². The summed E-state index contributed by atoms with van der Waals surface area (Å²) >= 11 is 5.92. The molecule has 7 heteroatoms. The minimum absolute atomic E-state index is 0.171. The van der Waals surface area contributed by atoms with Gasteiger partial charge >= 0.3 is 0 Å². The van der Waals surface area contributed by atoms with E-state index in [1.165, 1.54) is 13.2 Å². The fraction of sp³-hybridized carbons (Fsp3) is 0.125. The van der Waals surface area contributed by atoms with Gasteiger partial charge in [-0.1, -0.05) is 17.7 Å². The van der Waals surface area contributed by atoms with E-state index < -0.39 is 0 Å². The first-order valence-electron chi connectivity index (χ1n) is 6.78. The van der Waals surface area contributed by atoms with Gasteiger partial charge < -0.3 is 21.1 Å². The molecule has 0 spiro atoms. The van der Waals surface area contributed by atoms with Gasteiger partial charge in [0.05, 0.1) is 25.0 Å². The van der Waals surface area contributed by atoms with E-state index in [1.54, 1.807) is 36.4 Å². The van der Waals surface area contributed by atoms with E-state index in [0.29, 0.717) is 27.7 Å². The summed E-state index contributed by atoms with van der Waals surface area (Å²) in [5, 5.41) is 5.75. The number of nitrogens with two attached hydrogens (primary N) is 1. The van der Waals surface area contributed by atoms with Crippen molar-refractivity contribution in [1.29, 1.82) is 0 Å². The van der Waals surface area contributed by atoms with E-state index >= 15 is 0 Å². The van der Waals surface area contributed by atoms with Crippen LogP contribution in [0.4, 0.5) is 11.4 Å². The van der Waals surface area contributed by atoms with E-state index in [-0.39, 0.29) is 18.4 Å². The van der Waals surface area contributed by atoms with Crippen LogP contribution >= 0.6 is 11.6 Å². The van der Waals surface area contributed by atoms with Crippen molar-refractivity contribution >= 4 is 34.8 Å². The molecule has 0 saturated carbocycles. The maximum absolute atomic E-state index is 12.3. The van der Waals surface area contributed by atoms with Crippen molar-refractivity contribution in [2.75, 3.05) is 24.3 Å². The van der Waals surface area contributed by atoms with Crippen LogP contribution in [0.2, 0.25) is 5.02 Å². The van der Waals surface area contributed by atoms with Gasteiger partial charge in [-0.05, 0) is 36.4 Å². The van der Waals surface area contributed by atoms with E-state index in [1.807, 2.05) is 0 Å². The molecule has 6 nitrogen and oxygen atoms in total. The number of methoxy groups -OCH3 is 1. The number of carbonyl (C=O) groups is 2. The molecule has 2 aromatic rings. The third-order valence-electron chi connectivity index (χ3n) is 3.02. The first kappa shape index (κ1) is 16.8. The third kappa shape index (κ3) is 4.45. The molecule has 0 unspecified atom stereocenters. The smallest absolute Gasteiger partial charge is 0.255 e. The number of amides is 2. The molecule has 4 N–H and O–H groups in total. The Morgan fingerprint density at radius 3 is 2.61 bits per heavy atom. The molecule has 0 aliphatic carbocycles. The average Bonchev–Trinajstić information content (AvgIpc) is 2.57. The van der Waals surface area contributed by atoms with Gasteiger partial charge in [-0.25, -0.2) is 0 Å². The van der Waals surface area contributed by atoms with Gasteiger partial charge in [0.1, 0.15) is 5.75 Å². The van der Waals surface area contributed by atoms with Crippen LogP contribution in [0.1, 0.15) is 10.4 Å². The SMILES string of the molecule is COc1cccc(C(=O)Nc2ccc(Cl)cc2NC(=O)CN)c1. The molecule has 0 aromatic heterocycles. The van der Waals surface area contributed by atoms with Crippen molar-refractivity contribution in [2.45, 2.75) is 0 Å². The molecule has 0 atom stereocenters. The van der Waals surface area contributed by atoms with Gasteiger partial charge in [-0.2, -0.15) is 0 Å². The summed E-state index contributed by atoms with van der Waals surface area (Å²) in [5.74, 6) is -0.149.